The highest BCUT2D eigenvalue weighted by molar-refractivity contribution is 5.83. The molecule has 1 atom stereocenters. The zero-order valence-corrected chi connectivity index (χ0v) is 10.2. The number of alkyl halides is 3. The Morgan fingerprint density at radius 2 is 1.89 bits per heavy atom. The normalized spacial score (nSPS) is 18.7. The van der Waals surface area contributed by atoms with Crippen molar-refractivity contribution in [3.8, 4) is 0 Å². The molecular weight excluding hydrogens is 257 g/mol. The summed E-state index contributed by atoms with van der Waals surface area (Å²) in [5, 5.41) is 2.04. The van der Waals surface area contributed by atoms with Gasteiger partial charge < -0.3 is 11.1 Å². The van der Waals surface area contributed by atoms with Crippen LogP contribution in [0.1, 0.15) is 18.4 Å². The largest absolute Gasteiger partial charge is 0.411 e. The molecule has 1 fully saturated rings. The van der Waals surface area contributed by atoms with Crippen LogP contribution >= 0.6 is 0 Å². The summed E-state index contributed by atoms with van der Waals surface area (Å²) >= 11 is 0. The molecule has 104 valence electrons. The topological polar surface area (TPSA) is 55.1 Å². The maximum atomic E-state index is 12.7. The van der Waals surface area contributed by atoms with Gasteiger partial charge in [0.2, 0.25) is 5.91 Å². The number of rotatable bonds is 4. The standard InChI is InChI=1S/C13H15F3N2O/c14-13(15,16)12(6-7-12)18-11(19)10(17)8-9-4-2-1-3-5-9/h1-5,10H,6-8,17H2,(H,18,19)/t10-/m0/s1. The lowest BCUT2D eigenvalue weighted by molar-refractivity contribution is -0.170. The van der Waals surface area contributed by atoms with E-state index in [9.17, 15) is 18.0 Å². The fourth-order valence-electron chi connectivity index (χ4n) is 1.89. The van der Waals surface area contributed by atoms with Crippen LogP contribution in [0.4, 0.5) is 13.2 Å². The molecule has 0 spiro atoms. The Kier molecular flexibility index (Phi) is 3.54. The second kappa shape index (κ2) is 4.85. The molecule has 0 heterocycles. The second-order valence-corrected chi connectivity index (χ2v) is 4.87. The van der Waals surface area contributed by atoms with Crippen molar-refractivity contribution in [3.63, 3.8) is 0 Å². The number of benzene rings is 1. The molecule has 0 aromatic heterocycles. The van der Waals surface area contributed by atoms with E-state index in [0.717, 1.165) is 5.56 Å². The fraction of sp³-hybridized carbons (Fsp3) is 0.462. The Hall–Kier alpha value is -1.56. The molecule has 0 unspecified atom stereocenters. The van der Waals surface area contributed by atoms with E-state index in [1.54, 1.807) is 24.3 Å². The van der Waals surface area contributed by atoms with Crippen LogP contribution in [0.15, 0.2) is 30.3 Å². The van der Waals surface area contributed by atoms with Crippen molar-refractivity contribution in [3.05, 3.63) is 35.9 Å². The Morgan fingerprint density at radius 1 is 1.32 bits per heavy atom. The number of halogens is 3. The van der Waals surface area contributed by atoms with Gasteiger partial charge in [-0.15, -0.1) is 0 Å². The quantitative estimate of drug-likeness (QED) is 0.877. The molecule has 3 N–H and O–H groups in total. The Labute approximate surface area is 109 Å². The van der Waals surface area contributed by atoms with E-state index in [4.69, 9.17) is 5.73 Å². The van der Waals surface area contributed by atoms with E-state index in [2.05, 4.69) is 0 Å². The first-order valence-electron chi connectivity index (χ1n) is 6.02. The molecule has 0 bridgehead atoms. The highest BCUT2D eigenvalue weighted by Crippen LogP contribution is 2.48. The van der Waals surface area contributed by atoms with Gasteiger partial charge in [0, 0.05) is 0 Å². The lowest BCUT2D eigenvalue weighted by atomic mass is 10.1. The summed E-state index contributed by atoms with van der Waals surface area (Å²) < 4.78 is 38.1. The number of hydrogen-bond donors (Lipinski definition) is 2. The van der Waals surface area contributed by atoms with E-state index in [0.29, 0.717) is 0 Å². The molecule has 3 nitrogen and oxygen atoms in total. The molecule has 1 amide bonds. The van der Waals surface area contributed by atoms with Crippen LogP contribution in [0.25, 0.3) is 0 Å². The minimum Gasteiger partial charge on any atom is -0.341 e. The summed E-state index contributed by atoms with van der Waals surface area (Å²) in [6.07, 6.45) is -4.32. The number of carbonyl (C=O) groups is 1. The summed E-state index contributed by atoms with van der Waals surface area (Å²) in [7, 11) is 0. The molecular formula is C13H15F3N2O. The predicted octanol–water partition coefficient (Wildman–Crippen LogP) is 1.77. The van der Waals surface area contributed by atoms with Crippen molar-refractivity contribution in [2.24, 2.45) is 5.73 Å². The number of nitrogens with two attached hydrogens (primary N) is 1. The molecule has 0 aliphatic heterocycles. The van der Waals surface area contributed by atoms with Gasteiger partial charge in [-0.2, -0.15) is 13.2 Å². The third-order valence-electron chi connectivity index (χ3n) is 3.29. The first kappa shape index (κ1) is 13.9. The van der Waals surface area contributed by atoms with Gasteiger partial charge in [-0.3, -0.25) is 4.79 Å². The van der Waals surface area contributed by atoms with E-state index in [-0.39, 0.29) is 19.3 Å². The lowest BCUT2D eigenvalue weighted by Gasteiger charge is -2.22. The highest BCUT2D eigenvalue weighted by Gasteiger charge is 2.64. The highest BCUT2D eigenvalue weighted by atomic mass is 19.4. The number of nitrogens with one attached hydrogen (secondary N) is 1. The van der Waals surface area contributed by atoms with Crippen LogP contribution < -0.4 is 11.1 Å². The maximum absolute atomic E-state index is 12.7. The van der Waals surface area contributed by atoms with E-state index >= 15 is 0 Å². The van der Waals surface area contributed by atoms with Gasteiger partial charge in [0.05, 0.1) is 6.04 Å². The third kappa shape index (κ3) is 3.07. The van der Waals surface area contributed by atoms with Gasteiger partial charge in [-0.1, -0.05) is 30.3 Å². The van der Waals surface area contributed by atoms with E-state index in [1.807, 2.05) is 11.4 Å². The molecule has 1 aromatic carbocycles. The Morgan fingerprint density at radius 3 is 2.37 bits per heavy atom. The van der Waals surface area contributed by atoms with Crippen LogP contribution in [0.3, 0.4) is 0 Å². The molecule has 2 rings (SSSR count). The average Bonchev–Trinajstić information content (AvgIpc) is 3.10. The first-order valence-corrected chi connectivity index (χ1v) is 6.02. The smallest absolute Gasteiger partial charge is 0.341 e. The van der Waals surface area contributed by atoms with Crippen LogP contribution in [0, 0.1) is 0 Å². The van der Waals surface area contributed by atoms with Crippen molar-refractivity contribution >= 4 is 5.91 Å². The van der Waals surface area contributed by atoms with Crippen molar-refractivity contribution in [1.29, 1.82) is 0 Å². The van der Waals surface area contributed by atoms with Gasteiger partial charge in [-0.05, 0) is 24.8 Å². The summed E-state index contributed by atoms with van der Waals surface area (Å²) in [5.41, 5.74) is 4.43. The first-order chi connectivity index (χ1) is 8.84. The fourth-order valence-corrected chi connectivity index (χ4v) is 1.89. The minimum atomic E-state index is -4.41. The number of hydrogen-bond acceptors (Lipinski definition) is 2. The zero-order chi connectivity index (χ0) is 14.1. The van der Waals surface area contributed by atoms with Crippen LogP contribution in [0.2, 0.25) is 0 Å². The summed E-state index contributed by atoms with van der Waals surface area (Å²) in [6.45, 7) is 0. The van der Waals surface area contributed by atoms with Gasteiger partial charge in [0.1, 0.15) is 5.54 Å². The van der Waals surface area contributed by atoms with Gasteiger partial charge in [0.25, 0.3) is 0 Å². The Balaban J connectivity index is 1.94. The Bertz CT molecular complexity index is 455. The monoisotopic (exact) mass is 272 g/mol. The summed E-state index contributed by atoms with van der Waals surface area (Å²) in [5.74, 6) is -0.751. The molecule has 1 aliphatic carbocycles. The van der Waals surface area contributed by atoms with Gasteiger partial charge >= 0.3 is 6.18 Å². The van der Waals surface area contributed by atoms with Gasteiger partial charge in [-0.25, -0.2) is 0 Å². The SMILES string of the molecule is N[C@@H](Cc1ccccc1)C(=O)NC1(C(F)(F)F)CC1. The molecule has 1 saturated carbocycles. The van der Waals surface area contributed by atoms with Crippen molar-refractivity contribution < 1.29 is 18.0 Å². The maximum Gasteiger partial charge on any atom is 0.411 e. The molecule has 1 aromatic rings. The predicted molar refractivity (Wildman–Crippen MR) is 64.3 cm³/mol. The van der Waals surface area contributed by atoms with Crippen molar-refractivity contribution in [2.75, 3.05) is 0 Å². The molecule has 0 radical (unpaired) electrons. The van der Waals surface area contributed by atoms with Gasteiger partial charge in [0.15, 0.2) is 0 Å². The van der Waals surface area contributed by atoms with Crippen LogP contribution in [-0.4, -0.2) is 23.7 Å². The summed E-state index contributed by atoms with van der Waals surface area (Å²) in [4.78, 5) is 11.7. The zero-order valence-electron chi connectivity index (χ0n) is 10.2. The summed E-state index contributed by atoms with van der Waals surface area (Å²) in [6, 6.07) is 7.99. The average molecular weight is 272 g/mol. The number of amides is 1. The van der Waals surface area contributed by atoms with E-state index in [1.165, 1.54) is 0 Å². The van der Waals surface area contributed by atoms with E-state index < -0.39 is 23.7 Å². The third-order valence-corrected chi connectivity index (χ3v) is 3.29. The van der Waals surface area contributed by atoms with Crippen molar-refractivity contribution in [1.82, 2.24) is 5.32 Å². The lowest BCUT2D eigenvalue weighted by Crippen LogP contribution is -2.53. The van der Waals surface area contributed by atoms with Crippen LogP contribution in [0.5, 0.6) is 0 Å². The number of carbonyl (C=O) groups excluding carboxylic acids is 1. The van der Waals surface area contributed by atoms with Crippen LogP contribution in [-0.2, 0) is 11.2 Å². The molecule has 0 saturated heterocycles. The molecule has 19 heavy (non-hydrogen) atoms. The minimum absolute atomic E-state index is 0.0691. The second-order valence-electron chi connectivity index (χ2n) is 4.87. The van der Waals surface area contributed by atoms with Crippen molar-refractivity contribution in [2.45, 2.75) is 37.0 Å². The molecule has 6 heteroatoms. The molecule has 1 aliphatic rings.